The van der Waals surface area contributed by atoms with Crippen LogP contribution < -0.4 is 5.32 Å². The van der Waals surface area contributed by atoms with Crippen LogP contribution in [0.15, 0.2) is 24.3 Å². The molecule has 0 heterocycles. The van der Waals surface area contributed by atoms with E-state index in [-0.39, 0.29) is 23.4 Å². The Labute approximate surface area is 102 Å². The van der Waals surface area contributed by atoms with Crippen LogP contribution in [0.3, 0.4) is 0 Å². The molecule has 17 heavy (non-hydrogen) atoms. The lowest BCUT2D eigenvalue weighted by molar-refractivity contribution is 0.128. The molecule has 2 rings (SSSR count). The van der Waals surface area contributed by atoms with Gasteiger partial charge in [-0.15, -0.1) is 0 Å². The average Bonchev–Trinajstić information content (AvgIpc) is 2.55. The van der Waals surface area contributed by atoms with Crippen molar-refractivity contribution in [3.63, 3.8) is 0 Å². The summed E-state index contributed by atoms with van der Waals surface area (Å²) in [5.74, 6) is -0.251. The summed E-state index contributed by atoms with van der Waals surface area (Å²) in [5.41, 5.74) is 0.434. The van der Waals surface area contributed by atoms with Crippen molar-refractivity contribution in [2.24, 2.45) is 5.41 Å². The number of hydrogen-bond acceptors (Lipinski definition) is 2. The topological polar surface area (TPSA) is 32.3 Å². The van der Waals surface area contributed by atoms with Crippen molar-refractivity contribution >= 4 is 5.69 Å². The Hall–Kier alpha value is -1.09. The van der Waals surface area contributed by atoms with Crippen LogP contribution in [0, 0.1) is 11.2 Å². The molecule has 1 saturated carbocycles. The third-order valence-electron chi connectivity index (χ3n) is 4.18. The monoisotopic (exact) mass is 237 g/mol. The summed E-state index contributed by atoms with van der Waals surface area (Å²) in [5, 5.41) is 13.1. The second-order valence-electron chi connectivity index (χ2n) is 5.61. The van der Waals surface area contributed by atoms with E-state index in [2.05, 4.69) is 19.2 Å². The molecule has 2 nitrogen and oxygen atoms in total. The van der Waals surface area contributed by atoms with E-state index in [4.69, 9.17) is 0 Å². The van der Waals surface area contributed by atoms with Gasteiger partial charge in [-0.05, 0) is 36.5 Å². The number of aliphatic hydroxyl groups is 1. The average molecular weight is 237 g/mol. The van der Waals surface area contributed by atoms with E-state index in [0.29, 0.717) is 0 Å². The Bertz CT molecular complexity index is 405. The van der Waals surface area contributed by atoms with Crippen LogP contribution in [-0.2, 0) is 0 Å². The second kappa shape index (κ2) is 4.30. The van der Waals surface area contributed by atoms with Gasteiger partial charge in [-0.3, -0.25) is 0 Å². The number of anilines is 1. The summed E-state index contributed by atoms with van der Waals surface area (Å²) >= 11 is 0. The zero-order valence-electron chi connectivity index (χ0n) is 10.5. The molecule has 0 amide bonds. The SMILES string of the molecule is CC1(C)CCCC1(CO)Nc1cccc(F)c1. The molecule has 94 valence electrons. The predicted octanol–water partition coefficient (Wildman–Crippen LogP) is 3.18. The molecular weight excluding hydrogens is 217 g/mol. The van der Waals surface area contributed by atoms with Gasteiger partial charge in [-0.2, -0.15) is 0 Å². The number of nitrogens with one attached hydrogen (secondary N) is 1. The van der Waals surface area contributed by atoms with Crippen molar-refractivity contribution in [3.05, 3.63) is 30.1 Å². The first kappa shape index (κ1) is 12.4. The highest BCUT2D eigenvalue weighted by atomic mass is 19.1. The van der Waals surface area contributed by atoms with Crippen LogP contribution in [0.2, 0.25) is 0 Å². The Morgan fingerprint density at radius 1 is 1.35 bits per heavy atom. The molecule has 0 saturated heterocycles. The van der Waals surface area contributed by atoms with Gasteiger partial charge in [-0.25, -0.2) is 4.39 Å². The molecule has 1 fully saturated rings. The Kier molecular flexibility index (Phi) is 3.13. The highest BCUT2D eigenvalue weighted by Gasteiger charge is 2.48. The number of halogens is 1. The third kappa shape index (κ3) is 2.16. The van der Waals surface area contributed by atoms with Crippen molar-refractivity contribution in [3.8, 4) is 0 Å². The summed E-state index contributed by atoms with van der Waals surface area (Å²) in [6, 6.07) is 6.43. The van der Waals surface area contributed by atoms with Gasteiger partial charge in [-0.1, -0.05) is 26.3 Å². The molecule has 0 bridgehead atoms. The predicted molar refractivity (Wildman–Crippen MR) is 67.5 cm³/mol. The first-order chi connectivity index (χ1) is 7.99. The molecule has 0 aromatic heterocycles. The molecule has 0 radical (unpaired) electrons. The maximum Gasteiger partial charge on any atom is 0.125 e. The molecule has 1 unspecified atom stereocenters. The minimum atomic E-state index is -0.333. The lowest BCUT2D eigenvalue weighted by Gasteiger charge is -2.41. The zero-order chi connectivity index (χ0) is 12.5. The molecule has 1 aliphatic rings. The molecule has 1 aromatic rings. The van der Waals surface area contributed by atoms with Crippen molar-refractivity contribution in [1.29, 1.82) is 0 Å². The van der Waals surface area contributed by atoms with Gasteiger partial charge in [0.25, 0.3) is 0 Å². The van der Waals surface area contributed by atoms with E-state index in [0.717, 1.165) is 24.9 Å². The van der Waals surface area contributed by atoms with Gasteiger partial charge in [0.1, 0.15) is 5.82 Å². The standard InChI is InChI=1S/C14H20FNO/c1-13(2)7-4-8-14(13,10-17)16-12-6-3-5-11(15)9-12/h3,5-6,9,16-17H,4,7-8,10H2,1-2H3. The molecule has 3 heteroatoms. The van der Waals surface area contributed by atoms with Gasteiger partial charge in [0.2, 0.25) is 0 Å². The smallest absolute Gasteiger partial charge is 0.125 e. The molecule has 1 aliphatic carbocycles. The van der Waals surface area contributed by atoms with Gasteiger partial charge in [0, 0.05) is 5.69 Å². The maximum absolute atomic E-state index is 13.2. The number of benzene rings is 1. The summed E-state index contributed by atoms with van der Waals surface area (Å²) in [6.07, 6.45) is 3.10. The van der Waals surface area contributed by atoms with Crippen molar-refractivity contribution in [1.82, 2.24) is 0 Å². The van der Waals surface area contributed by atoms with Crippen LogP contribution in [-0.4, -0.2) is 17.3 Å². The number of hydrogen-bond donors (Lipinski definition) is 2. The van der Waals surface area contributed by atoms with Gasteiger partial charge < -0.3 is 10.4 Å². The first-order valence-electron chi connectivity index (χ1n) is 6.14. The Morgan fingerprint density at radius 3 is 2.65 bits per heavy atom. The molecule has 2 N–H and O–H groups in total. The quantitative estimate of drug-likeness (QED) is 0.846. The fourth-order valence-corrected chi connectivity index (χ4v) is 2.82. The van der Waals surface area contributed by atoms with E-state index in [9.17, 15) is 9.50 Å². The van der Waals surface area contributed by atoms with Crippen LogP contribution in [0.1, 0.15) is 33.1 Å². The van der Waals surface area contributed by atoms with Gasteiger partial charge in [0.15, 0.2) is 0 Å². The highest BCUT2D eigenvalue weighted by molar-refractivity contribution is 5.47. The molecule has 0 spiro atoms. The van der Waals surface area contributed by atoms with Crippen LogP contribution in [0.25, 0.3) is 0 Å². The third-order valence-corrected chi connectivity index (χ3v) is 4.18. The lowest BCUT2D eigenvalue weighted by Crippen LogP contribution is -2.50. The fourth-order valence-electron chi connectivity index (χ4n) is 2.82. The Morgan fingerprint density at radius 2 is 2.12 bits per heavy atom. The lowest BCUT2D eigenvalue weighted by atomic mass is 9.75. The van der Waals surface area contributed by atoms with Gasteiger partial charge >= 0.3 is 0 Å². The summed E-state index contributed by atoms with van der Waals surface area (Å²) in [4.78, 5) is 0. The van der Waals surface area contributed by atoms with E-state index in [1.165, 1.54) is 12.1 Å². The van der Waals surface area contributed by atoms with Crippen molar-refractivity contribution in [2.45, 2.75) is 38.6 Å². The molecule has 1 atom stereocenters. The highest BCUT2D eigenvalue weighted by Crippen LogP contribution is 2.47. The van der Waals surface area contributed by atoms with Crippen LogP contribution >= 0.6 is 0 Å². The van der Waals surface area contributed by atoms with E-state index in [1.807, 2.05) is 6.07 Å². The van der Waals surface area contributed by atoms with Gasteiger partial charge in [0.05, 0.1) is 12.1 Å². The number of aliphatic hydroxyl groups excluding tert-OH is 1. The molecular formula is C14H20FNO. The second-order valence-corrected chi connectivity index (χ2v) is 5.61. The summed E-state index contributed by atoms with van der Waals surface area (Å²) < 4.78 is 13.2. The largest absolute Gasteiger partial charge is 0.394 e. The molecule has 0 aliphatic heterocycles. The minimum absolute atomic E-state index is 0.0219. The number of rotatable bonds is 3. The molecule has 1 aromatic carbocycles. The Balaban J connectivity index is 2.26. The summed E-state index contributed by atoms with van der Waals surface area (Å²) in [7, 11) is 0. The zero-order valence-corrected chi connectivity index (χ0v) is 10.5. The van der Waals surface area contributed by atoms with Crippen LogP contribution in [0.4, 0.5) is 10.1 Å². The fraction of sp³-hybridized carbons (Fsp3) is 0.571. The van der Waals surface area contributed by atoms with E-state index in [1.54, 1.807) is 6.07 Å². The maximum atomic E-state index is 13.2. The van der Waals surface area contributed by atoms with E-state index >= 15 is 0 Å². The van der Waals surface area contributed by atoms with Crippen molar-refractivity contribution in [2.75, 3.05) is 11.9 Å². The normalized spacial score (nSPS) is 27.1. The van der Waals surface area contributed by atoms with Crippen molar-refractivity contribution < 1.29 is 9.50 Å². The minimum Gasteiger partial charge on any atom is -0.394 e. The van der Waals surface area contributed by atoms with Crippen LogP contribution in [0.5, 0.6) is 0 Å². The van der Waals surface area contributed by atoms with E-state index < -0.39 is 0 Å². The summed E-state index contributed by atoms with van der Waals surface area (Å²) in [6.45, 7) is 4.39. The first-order valence-corrected chi connectivity index (χ1v) is 6.14.